The van der Waals surface area contributed by atoms with Gasteiger partial charge in [0.25, 0.3) is 0 Å². The maximum Gasteiger partial charge on any atom is 0.341 e. The van der Waals surface area contributed by atoms with Crippen LogP contribution in [0.3, 0.4) is 0 Å². The molecule has 0 aliphatic carbocycles. The van der Waals surface area contributed by atoms with Crippen LogP contribution in [0.5, 0.6) is 0 Å². The summed E-state index contributed by atoms with van der Waals surface area (Å²) in [5.41, 5.74) is 0.295. The van der Waals surface area contributed by atoms with Gasteiger partial charge in [0, 0.05) is 16.6 Å². The third-order valence-electron chi connectivity index (χ3n) is 4.40. The fourth-order valence-electron chi connectivity index (χ4n) is 3.20. The van der Waals surface area contributed by atoms with Gasteiger partial charge in [0.1, 0.15) is 16.6 Å². The number of thiophene rings is 1. The van der Waals surface area contributed by atoms with E-state index in [-0.39, 0.29) is 0 Å². The average Bonchev–Trinajstić information content (AvgIpc) is 2.98. The Morgan fingerprint density at radius 3 is 2.69 bits per heavy atom. The number of esters is 1. The fraction of sp³-hybridized carbons (Fsp3) is 0.412. The number of methoxy groups -OCH3 is 1. The van der Waals surface area contributed by atoms with Gasteiger partial charge in [-0.1, -0.05) is 24.6 Å². The van der Waals surface area contributed by atoms with Gasteiger partial charge in [-0.3, -0.25) is 4.79 Å². The monoisotopic (exact) mass is 396 g/mol. The first-order valence-corrected chi connectivity index (χ1v) is 10.9. The van der Waals surface area contributed by atoms with Crippen LogP contribution >= 0.6 is 11.3 Å². The number of rotatable bonds is 4. The Labute approximate surface area is 156 Å². The number of anilines is 1. The number of amides is 1. The van der Waals surface area contributed by atoms with Crippen LogP contribution in [0.1, 0.15) is 29.6 Å². The molecule has 26 heavy (non-hydrogen) atoms. The van der Waals surface area contributed by atoms with E-state index >= 15 is 0 Å². The first-order valence-electron chi connectivity index (χ1n) is 8.20. The summed E-state index contributed by atoms with van der Waals surface area (Å²) >= 11 is 1.27. The van der Waals surface area contributed by atoms with E-state index in [0.29, 0.717) is 28.9 Å². The molecule has 1 unspecified atom stereocenters. The van der Waals surface area contributed by atoms with Crippen LogP contribution < -0.4 is 5.32 Å². The summed E-state index contributed by atoms with van der Waals surface area (Å²) in [5, 5.41) is 3.83. The highest BCUT2D eigenvalue weighted by Gasteiger charge is 2.35. The third-order valence-corrected chi connectivity index (χ3v) is 6.78. The molecular weight excluding hydrogens is 376 g/mol. The molecule has 1 fully saturated rings. The van der Waals surface area contributed by atoms with Crippen LogP contribution in [0.2, 0.25) is 0 Å². The van der Waals surface area contributed by atoms with Gasteiger partial charge in [-0.05, 0) is 18.9 Å². The van der Waals surface area contributed by atoms with Crippen LogP contribution in [-0.2, 0) is 19.6 Å². The molecule has 9 heteroatoms. The largest absolute Gasteiger partial charge is 0.465 e. The summed E-state index contributed by atoms with van der Waals surface area (Å²) in [6.07, 6.45) is 3.07. The molecule has 0 bridgehead atoms. The SMILES string of the molecule is COC(=O)c1c(NC(=O)C2CCCCN2S(C)(=O)=O)sc2ccccc12. The van der Waals surface area contributed by atoms with Crippen molar-refractivity contribution >= 4 is 48.3 Å². The molecule has 3 rings (SSSR count). The van der Waals surface area contributed by atoms with Crippen molar-refractivity contribution in [3.63, 3.8) is 0 Å². The van der Waals surface area contributed by atoms with Crippen LogP contribution in [0.15, 0.2) is 24.3 Å². The number of fused-ring (bicyclic) bond motifs is 1. The first-order chi connectivity index (χ1) is 12.3. The molecule has 1 aliphatic heterocycles. The molecule has 1 aromatic carbocycles. The lowest BCUT2D eigenvalue weighted by Crippen LogP contribution is -2.49. The minimum atomic E-state index is -3.48. The van der Waals surface area contributed by atoms with Crippen molar-refractivity contribution in [2.24, 2.45) is 0 Å². The number of sulfonamides is 1. The molecule has 1 amide bonds. The smallest absolute Gasteiger partial charge is 0.341 e. The summed E-state index contributed by atoms with van der Waals surface area (Å²) in [4.78, 5) is 25.0. The van der Waals surface area contributed by atoms with Crippen molar-refractivity contribution in [3.05, 3.63) is 29.8 Å². The van der Waals surface area contributed by atoms with Crippen LogP contribution in [-0.4, -0.2) is 50.6 Å². The van der Waals surface area contributed by atoms with Crippen molar-refractivity contribution in [2.75, 3.05) is 25.2 Å². The van der Waals surface area contributed by atoms with Gasteiger partial charge in [-0.2, -0.15) is 4.31 Å². The Morgan fingerprint density at radius 1 is 1.27 bits per heavy atom. The molecule has 7 nitrogen and oxygen atoms in total. The van der Waals surface area contributed by atoms with Gasteiger partial charge >= 0.3 is 5.97 Å². The number of carbonyl (C=O) groups excluding carboxylic acids is 2. The van der Waals surface area contributed by atoms with Crippen LogP contribution in [0, 0.1) is 0 Å². The molecule has 1 N–H and O–H groups in total. The Hall–Kier alpha value is -1.97. The fourth-order valence-corrected chi connectivity index (χ4v) is 5.42. The highest BCUT2D eigenvalue weighted by Crippen LogP contribution is 2.36. The van der Waals surface area contributed by atoms with Gasteiger partial charge in [0.2, 0.25) is 15.9 Å². The van der Waals surface area contributed by atoms with Gasteiger partial charge in [0.05, 0.1) is 13.4 Å². The lowest BCUT2D eigenvalue weighted by molar-refractivity contribution is -0.120. The van der Waals surface area contributed by atoms with E-state index in [1.165, 1.54) is 22.8 Å². The van der Waals surface area contributed by atoms with Crippen molar-refractivity contribution in [1.82, 2.24) is 4.31 Å². The van der Waals surface area contributed by atoms with E-state index in [1.807, 2.05) is 12.1 Å². The number of carbonyl (C=O) groups is 2. The van der Waals surface area contributed by atoms with E-state index < -0.39 is 27.9 Å². The first kappa shape index (κ1) is 18.8. The molecular formula is C17H20N2O5S2. The number of ether oxygens (including phenoxy) is 1. The number of nitrogens with one attached hydrogen (secondary N) is 1. The predicted octanol–water partition coefficient (Wildman–Crippen LogP) is 2.44. The quantitative estimate of drug-likeness (QED) is 0.802. The average molecular weight is 396 g/mol. The second-order valence-corrected chi connectivity index (χ2v) is 9.16. The topological polar surface area (TPSA) is 92.8 Å². The van der Waals surface area contributed by atoms with Crippen molar-refractivity contribution in [3.8, 4) is 0 Å². The number of nitrogens with zero attached hydrogens (tertiary/aromatic N) is 1. The van der Waals surface area contributed by atoms with Crippen molar-refractivity contribution in [1.29, 1.82) is 0 Å². The van der Waals surface area contributed by atoms with Gasteiger partial charge < -0.3 is 10.1 Å². The number of piperidine rings is 1. The molecule has 2 aromatic rings. The van der Waals surface area contributed by atoms with E-state index in [2.05, 4.69) is 5.32 Å². The second-order valence-electron chi connectivity index (χ2n) is 6.17. The number of benzene rings is 1. The minimum absolute atomic E-state index is 0.295. The maximum atomic E-state index is 12.8. The zero-order valence-electron chi connectivity index (χ0n) is 14.5. The van der Waals surface area contributed by atoms with Gasteiger partial charge in [-0.15, -0.1) is 11.3 Å². The maximum absolute atomic E-state index is 12.8. The lowest BCUT2D eigenvalue weighted by atomic mass is 10.0. The van der Waals surface area contributed by atoms with Crippen molar-refractivity contribution in [2.45, 2.75) is 25.3 Å². The summed E-state index contributed by atoms with van der Waals surface area (Å²) < 4.78 is 30.9. The molecule has 1 aromatic heterocycles. The van der Waals surface area contributed by atoms with Crippen LogP contribution in [0.25, 0.3) is 10.1 Å². The Morgan fingerprint density at radius 2 is 2.00 bits per heavy atom. The molecule has 1 atom stereocenters. The third kappa shape index (κ3) is 3.60. The number of hydrogen-bond acceptors (Lipinski definition) is 6. The second kappa shape index (κ2) is 7.34. The van der Waals surface area contributed by atoms with E-state index in [4.69, 9.17) is 4.74 Å². The zero-order chi connectivity index (χ0) is 18.9. The molecule has 1 saturated heterocycles. The molecule has 140 valence electrons. The Kier molecular flexibility index (Phi) is 5.31. The van der Waals surface area contributed by atoms with Crippen LogP contribution in [0.4, 0.5) is 5.00 Å². The van der Waals surface area contributed by atoms with Gasteiger partial charge in [-0.25, -0.2) is 13.2 Å². The van der Waals surface area contributed by atoms with E-state index in [0.717, 1.165) is 23.8 Å². The molecule has 0 radical (unpaired) electrons. The predicted molar refractivity (Wildman–Crippen MR) is 101 cm³/mol. The molecule has 2 heterocycles. The molecule has 0 spiro atoms. The molecule has 1 aliphatic rings. The summed E-state index contributed by atoms with van der Waals surface area (Å²) in [6.45, 7) is 0.327. The standard InChI is InChI=1S/C17H20N2O5S2/c1-24-17(21)14-11-7-3-4-9-13(11)25-16(14)18-15(20)12-8-5-6-10-19(12)26(2,22)23/h3-4,7,9,12H,5-6,8,10H2,1-2H3,(H,18,20). The zero-order valence-corrected chi connectivity index (χ0v) is 16.2. The lowest BCUT2D eigenvalue weighted by Gasteiger charge is -2.32. The molecule has 0 saturated carbocycles. The van der Waals surface area contributed by atoms with Gasteiger partial charge in [0.15, 0.2) is 0 Å². The minimum Gasteiger partial charge on any atom is -0.465 e. The summed E-state index contributed by atoms with van der Waals surface area (Å²) in [6, 6.07) is 6.52. The van der Waals surface area contributed by atoms with E-state index in [1.54, 1.807) is 12.1 Å². The van der Waals surface area contributed by atoms with E-state index in [9.17, 15) is 18.0 Å². The summed E-state index contributed by atoms with van der Waals surface area (Å²) in [5.74, 6) is -0.965. The Balaban J connectivity index is 1.95. The Bertz CT molecular complexity index is 951. The number of hydrogen-bond donors (Lipinski definition) is 1. The van der Waals surface area contributed by atoms with Crippen molar-refractivity contribution < 1.29 is 22.7 Å². The highest BCUT2D eigenvalue weighted by molar-refractivity contribution is 7.88. The summed E-state index contributed by atoms with van der Waals surface area (Å²) in [7, 11) is -2.20. The normalized spacial score (nSPS) is 18.6. The highest BCUT2D eigenvalue weighted by atomic mass is 32.2.